The SMILES string of the molecule is CC(C)(C#Cc1ccccc1)Oc1cc(C(=O)OCC(=O)OCCS(=O)(=O)O)ccc1OC(F)(F)F. The third-order valence-corrected chi connectivity index (χ3v) is 4.66. The number of hydrogen-bond acceptors (Lipinski definition) is 8. The van der Waals surface area contributed by atoms with Gasteiger partial charge in [0.2, 0.25) is 0 Å². The van der Waals surface area contributed by atoms with E-state index in [-0.39, 0.29) is 5.56 Å². The van der Waals surface area contributed by atoms with Crippen LogP contribution < -0.4 is 9.47 Å². The van der Waals surface area contributed by atoms with E-state index in [2.05, 4.69) is 21.3 Å². The molecule has 0 spiro atoms. The van der Waals surface area contributed by atoms with Gasteiger partial charge in [-0.15, -0.1) is 13.2 Å². The first kappa shape index (κ1) is 28.5. The molecule has 0 heterocycles. The molecule has 0 radical (unpaired) electrons. The van der Waals surface area contributed by atoms with Gasteiger partial charge in [-0.05, 0) is 44.2 Å². The quantitative estimate of drug-likeness (QED) is 0.295. The van der Waals surface area contributed by atoms with Crippen LogP contribution in [0.1, 0.15) is 29.8 Å². The predicted molar refractivity (Wildman–Crippen MR) is 119 cm³/mol. The van der Waals surface area contributed by atoms with Gasteiger partial charge in [0.1, 0.15) is 12.4 Å². The third-order valence-electron chi connectivity index (χ3n) is 3.98. The number of hydrogen-bond donors (Lipinski definition) is 1. The molecule has 13 heteroatoms. The minimum Gasteiger partial charge on any atom is -0.471 e. The molecular formula is C23H21F3O9S. The number of benzene rings is 2. The Labute approximate surface area is 204 Å². The van der Waals surface area contributed by atoms with Gasteiger partial charge < -0.3 is 18.9 Å². The van der Waals surface area contributed by atoms with Crippen LogP contribution in [0.2, 0.25) is 0 Å². The monoisotopic (exact) mass is 530 g/mol. The van der Waals surface area contributed by atoms with Crippen LogP contribution in [0.15, 0.2) is 48.5 Å². The average molecular weight is 530 g/mol. The second-order valence-corrected chi connectivity index (χ2v) is 9.09. The van der Waals surface area contributed by atoms with Crippen molar-refractivity contribution >= 4 is 22.1 Å². The van der Waals surface area contributed by atoms with Crippen LogP contribution in [-0.2, 0) is 24.4 Å². The highest BCUT2D eigenvalue weighted by Gasteiger charge is 2.33. The molecule has 194 valence electrons. The molecule has 2 rings (SSSR count). The van der Waals surface area contributed by atoms with Crippen molar-refractivity contribution in [2.45, 2.75) is 25.8 Å². The van der Waals surface area contributed by atoms with Gasteiger partial charge in [0, 0.05) is 5.56 Å². The summed E-state index contributed by atoms with van der Waals surface area (Å²) in [6.45, 7) is 1.40. The number of ether oxygens (including phenoxy) is 4. The van der Waals surface area contributed by atoms with Gasteiger partial charge in [-0.3, -0.25) is 4.55 Å². The summed E-state index contributed by atoms with van der Waals surface area (Å²) < 4.78 is 87.2. The number of alkyl halides is 3. The molecule has 2 aromatic rings. The zero-order valence-corrected chi connectivity index (χ0v) is 19.8. The maximum atomic E-state index is 12.9. The highest BCUT2D eigenvalue weighted by molar-refractivity contribution is 7.85. The lowest BCUT2D eigenvalue weighted by Crippen LogP contribution is -2.27. The summed E-state index contributed by atoms with van der Waals surface area (Å²) in [4.78, 5) is 23.9. The fourth-order valence-corrected chi connectivity index (χ4v) is 2.77. The van der Waals surface area contributed by atoms with Crippen molar-refractivity contribution in [2.24, 2.45) is 0 Å². The van der Waals surface area contributed by atoms with E-state index >= 15 is 0 Å². The van der Waals surface area contributed by atoms with Crippen molar-refractivity contribution in [1.82, 2.24) is 0 Å². The standard InChI is InChI=1S/C23H21F3O9S/c1-22(2,11-10-16-6-4-3-5-7-16)34-19-14-17(8-9-18(19)35-23(24,25)26)21(28)33-15-20(27)32-12-13-36(29,30)31/h3-9,14H,12-13,15H2,1-2H3,(H,29,30,31). The number of rotatable bonds is 9. The zero-order chi connectivity index (χ0) is 27.0. The van der Waals surface area contributed by atoms with Crippen LogP contribution in [0, 0.1) is 11.8 Å². The lowest BCUT2D eigenvalue weighted by Gasteiger charge is -2.23. The van der Waals surface area contributed by atoms with Gasteiger partial charge in [0.25, 0.3) is 10.1 Å². The van der Waals surface area contributed by atoms with Crippen molar-refractivity contribution in [3.63, 3.8) is 0 Å². The molecule has 0 amide bonds. The summed E-state index contributed by atoms with van der Waals surface area (Å²) in [5, 5.41) is 0. The second kappa shape index (κ2) is 11.8. The number of carbonyl (C=O) groups excluding carboxylic acids is 2. The third kappa shape index (κ3) is 10.7. The Kier molecular flexibility index (Phi) is 9.32. The second-order valence-electron chi connectivity index (χ2n) is 7.52. The van der Waals surface area contributed by atoms with E-state index in [4.69, 9.17) is 14.0 Å². The van der Waals surface area contributed by atoms with Crippen molar-refractivity contribution in [1.29, 1.82) is 0 Å². The lowest BCUT2D eigenvalue weighted by atomic mass is 10.1. The fourth-order valence-electron chi connectivity index (χ4n) is 2.48. The summed E-state index contributed by atoms with van der Waals surface area (Å²) in [5.74, 6) is 1.34. The first-order valence-electron chi connectivity index (χ1n) is 10.1. The van der Waals surface area contributed by atoms with Crippen LogP contribution in [0.4, 0.5) is 13.2 Å². The molecule has 0 aliphatic heterocycles. The van der Waals surface area contributed by atoms with E-state index in [9.17, 15) is 31.2 Å². The highest BCUT2D eigenvalue weighted by atomic mass is 32.2. The summed E-state index contributed by atoms with van der Waals surface area (Å²) in [5.41, 5.74) is -0.960. The normalized spacial score (nSPS) is 11.6. The molecule has 0 aliphatic rings. The van der Waals surface area contributed by atoms with E-state index in [1.165, 1.54) is 13.8 Å². The van der Waals surface area contributed by atoms with E-state index in [0.717, 1.165) is 18.2 Å². The number of halogens is 3. The molecule has 1 N–H and O–H groups in total. The molecule has 0 atom stereocenters. The molecule has 0 fully saturated rings. The average Bonchev–Trinajstić information content (AvgIpc) is 2.76. The summed E-state index contributed by atoms with van der Waals surface area (Å²) in [6, 6.07) is 11.5. The van der Waals surface area contributed by atoms with Gasteiger partial charge in [0.15, 0.2) is 23.7 Å². The molecule has 36 heavy (non-hydrogen) atoms. The van der Waals surface area contributed by atoms with E-state index in [1.807, 2.05) is 0 Å². The van der Waals surface area contributed by atoms with Gasteiger partial charge in [-0.2, -0.15) is 8.42 Å². The molecule has 0 saturated heterocycles. The number of esters is 2. The molecule has 0 bridgehead atoms. The Balaban J connectivity index is 2.17. The first-order valence-corrected chi connectivity index (χ1v) is 11.7. The lowest BCUT2D eigenvalue weighted by molar-refractivity contribution is -0.275. The molecule has 9 nitrogen and oxygen atoms in total. The van der Waals surface area contributed by atoms with Gasteiger partial charge in [-0.1, -0.05) is 30.0 Å². The molecule has 2 aromatic carbocycles. The Hall–Kier alpha value is -3.76. The maximum Gasteiger partial charge on any atom is 0.573 e. The van der Waals surface area contributed by atoms with Crippen LogP contribution in [0.5, 0.6) is 11.5 Å². The van der Waals surface area contributed by atoms with Crippen molar-refractivity contribution < 1.29 is 54.7 Å². The molecule has 0 aromatic heterocycles. The van der Waals surface area contributed by atoms with Crippen molar-refractivity contribution in [3.05, 3.63) is 59.7 Å². The predicted octanol–water partition coefficient (Wildman–Crippen LogP) is 3.38. The topological polar surface area (TPSA) is 125 Å². The molecule has 0 unspecified atom stereocenters. The van der Waals surface area contributed by atoms with Crippen LogP contribution >= 0.6 is 0 Å². The van der Waals surface area contributed by atoms with Crippen LogP contribution in [0.3, 0.4) is 0 Å². The zero-order valence-electron chi connectivity index (χ0n) is 19.0. The van der Waals surface area contributed by atoms with E-state index < -0.39 is 64.5 Å². The Morgan fingerprint density at radius 3 is 2.25 bits per heavy atom. The highest BCUT2D eigenvalue weighted by Crippen LogP contribution is 2.35. The smallest absolute Gasteiger partial charge is 0.471 e. The van der Waals surface area contributed by atoms with Crippen LogP contribution in [-0.4, -0.2) is 55.8 Å². The van der Waals surface area contributed by atoms with Crippen molar-refractivity contribution in [2.75, 3.05) is 19.0 Å². The Morgan fingerprint density at radius 1 is 0.972 bits per heavy atom. The van der Waals surface area contributed by atoms with Gasteiger partial charge in [-0.25, -0.2) is 9.59 Å². The number of carbonyl (C=O) groups is 2. The minimum absolute atomic E-state index is 0.280. The summed E-state index contributed by atoms with van der Waals surface area (Å²) in [7, 11) is -4.35. The van der Waals surface area contributed by atoms with Crippen molar-refractivity contribution in [3.8, 4) is 23.3 Å². The molecule has 0 aliphatic carbocycles. The Morgan fingerprint density at radius 2 is 1.64 bits per heavy atom. The van der Waals surface area contributed by atoms with E-state index in [0.29, 0.717) is 5.56 Å². The molecule has 0 saturated carbocycles. The van der Waals surface area contributed by atoms with E-state index in [1.54, 1.807) is 30.3 Å². The van der Waals surface area contributed by atoms with Gasteiger partial charge >= 0.3 is 18.3 Å². The largest absolute Gasteiger partial charge is 0.573 e. The minimum atomic E-state index is -5.05. The Bertz CT molecular complexity index is 1250. The summed E-state index contributed by atoms with van der Waals surface area (Å²) in [6.07, 6.45) is -5.05. The van der Waals surface area contributed by atoms with Gasteiger partial charge in [0.05, 0.1) is 5.56 Å². The summed E-state index contributed by atoms with van der Waals surface area (Å²) >= 11 is 0. The fraction of sp³-hybridized carbons (Fsp3) is 0.304. The molecular weight excluding hydrogens is 509 g/mol. The first-order chi connectivity index (χ1) is 16.6. The maximum absolute atomic E-state index is 12.9. The van der Waals surface area contributed by atoms with Crippen LogP contribution in [0.25, 0.3) is 0 Å².